The zero-order chi connectivity index (χ0) is 10.5. The molecule has 0 N–H and O–H groups in total. The summed E-state index contributed by atoms with van der Waals surface area (Å²) >= 11 is 5.58. The molecule has 2 rings (SSSR count). The van der Waals surface area contributed by atoms with Crippen LogP contribution in [-0.4, -0.2) is 35.0 Å². The zero-order valence-electron chi connectivity index (χ0n) is 8.23. The van der Waals surface area contributed by atoms with Crippen LogP contribution in [-0.2, 0) is 4.74 Å². The monoisotopic (exact) mass is 229 g/mol. The minimum Gasteiger partial charge on any atom is -0.476 e. The van der Waals surface area contributed by atoms with Gasteiger partial charge in [-0.15, -0.1) is 5.10 Å². The van der Waals surface area contributed by atoms with Gasteiger partial charge in [-0.3, -0.25) is 0 Å². The topological polar surface area (TPSA) is 57.1 Å². The first kappa shape index (κ1) is 10.6. The Labute approximate surface area is 92.8 Å². The van der Waals surface area contributed by atoms with Gasteiger partial charge in [-0.1, -0.05) is 0 Å². The quantitative estimate of drug-likeness (QED) is 0.783. The van der Waals surface area contributed by atoms with E-state index in [1.807, 2.05) is 0 Å². The maximum absolute atomic E-state index is 5.58. The van der Waals surface area contributed by atoms with Gasteiger partial charge in [-0.2, -0.15) is 10.1 Å². The van der Waals surface area contributed by atoms with Gasteiger partial charge < -0.3 is 9.47 Å². The fourth-order valence-corrected chi connectivity index (χ4v) is 1.58. The highest BCUT2D eigenvalue weighted by atomic mass is 35.5. The third-order valence-electron chi connectivity index (χ3n) is 2.32. The van der Waals surface area contributed by atoms with E-state index >= 15 is 0 Å². The molecular weight excluding hydrogens is 218 g/mol. The number of nitrogens with zero attached hydrogens (tertiary/aromatic N) is 3. The van der Waals surface area contributed by atoms with E-state index in [1.54, 1.807) is 0 Å². The second-order valence-corrected chi connectivity index (χ2v) is 3.77. The lowest BCUT2D eigenvalue weighted by molar-refractivity contribution is 0.0489. The molecule has 1 aliphatic rings. The second kappa shape index (κ2) is 5.23. The molecule has 82 valence electrons. The molecule has 0 saturated carbocycles. The molecule has 1 saturated heterocycles. The van der Waals surface area contributed by atoms with Crippen molar-refractivity contribution in [1.82, 2.24) is 15.2 Å². The van der Waals surface area contributed by atoms with E-state index < -0.39 is 0 Å². The van der Waals surface area contributed by atoms with Gasteiger partial charge in [0.15, 0.2) is 0 Å². The molecule has 0 aromatic carbocycles. The maximum Gasteiger partial charge on any atom is 0.246 e. The minimum atomic E-state index is 0.111. The lowest BCUT2D eigenvalue weighted by atomic mass is 10.0. The van der Waals surface area contributed by atoms with Crippen molar-refractivity contribution in [3.8, 4) is 5.88 Å². The molecule has 5 nitrogen and oxygen atoms in total. The van der Waals surface area contributed by atoms with Crippen molar-refractivity contribution >= 4 is 11.6 Å². The summed E-state index contributed by atoms with van der Waals surface area (Å²) in [5.74, 6) is 0.967. The molecule has 0 unspecified atom stereocenters. The molecule has 0 bridgehead atoms. The summed E-state index contributed by atoms with van der Waals surface area (Å²) in [6.45, 7) is 2.27. The third-order valence-corrected chi connectivity index (χ3v) is 2.48. The summed E-state index contributed by atoms with van der Waals surface area (Å²) in [6, 6.07) is 0. The van der Waals surface area contributed by atoms with Crippen LogP contribution < -0.4 is 4.74 Å². The van der Waals surface area contributed by atoms with Crippen LogP contribution in [0.2, 0.25) is 5.28 Å². The van der Waals surface area contributed by atoms with Crippen LogP contribution in [0.5, 0.6) is 5.88 Å². The molecule has 1 aliphatic heterocycles. The standard InChI is InChI=1S/C9H12ClN3O2/c10-9-12-8(5-11-13-9)15-6-7-1-3-14-4-2-7/h5,7H,1-4,6H2. The number of rotatable bonds is 3. The summed E-state index contributed by atoms with van der Waals surface area (Å²) in [4.78, 5) is 3.90. The zero-order valence-corrected chi connectivity index (χ0v) is 8.98. The van der Waals surface area contributed by atoms with E-state index in [4.69, 9.17) is 21.1 Å². The highest BCUT2D eigenvalue weighted by Crippen LogP contribution is 2.16. The van der Waals surface area contributed by atoms with Crippen LogP contribution >= 0.6 is 11.6 Å². The lowest BCUT2D eigenvalue weighted by Gasteiger charge is -2.21. The molecule has 0 radical (unpaired) electrons. The van der Waals surface area contributed by atoms with Crippen LogP contribution in [0.4, 0.5) is 0 Å². The van der Waals surface area contributed by atoms with Crippen molar-refractivity contribution in [3.05, 3.63) is 11.5 Å². The molecule has 0 aliphatic carbocycles. The predicted molar refractivity (Wildman–Crippen MR) is 53.9 cm³/mol. The third kappa shape index (κ3) is 3.28. The summed E-state index contributed by atoms with van der Waals surface area (Å²) < 4.78 is 10.7. The van der Waals surface area contributed by atoms with Crippen molar-refractivity contribution in [1.29, 1.82) is 0 Å². The van der Waals surface area contributed by atoms with Gasteiger partial charge in [0.1, 0.15) is 6.20 Å². The number of ether oxygens (including phenoxy) is 2. The van der Waals surface area contributed by atoms with Crippen LogP contribution in [0.25, 0.3) is 0 Å². The van der Waals surface area contributed by atoms with Gasteiger partial charge in [0.2, 0.25) is 11.2 Å². The highest BCUT2D eigenvalue weighted by molar-refractivity contribution is 6.28. The summed E-state index contributed by atoms with van der Waals surface area (Å²) in [5, 5.41) is 7.30. The van der Waals surface area contributed by atoms with E-state index in [0.717, 1.165) is 26.1 Å². The van der Waals surface area contributed by atoms with Crippen molar-refractivity contribution in [2.75, 3.05) is 19.8 Å². The van der Waals surface area contributed by atoms with Gasteiger partial charge in [0.25, 0.3) is 0 Å². The molecule has 2 heterocycles. The van der Waals surface area contributed by atoms with Crippen LogP contribution in [0.3, 0.4) is 0 Å². The van der Waals surface area contributed by atoms with Crippen LogP contribution in [0.1, 0.15) is 12.8 Å². The first-order chi connectivity index (χ1) is 7.34. The largest absolute Gasteiger partial charge is 0.476 e. The van der Waals surface area contributed by atoms with Gasteiger partial charge in [-0.05, 0) is 30.4 Å². The Bertz CT molecular complexity index is 318. The van der Waals surface area contributed by atoms with E-state index in [1.165, 1.54) is 6.20 Å². The number of halogens is 1. The van der Waals surface area contributed by atoms with Gasteiger partial charge in [0, 0.05) is 13.2 Å². The van der Waals surface area contributed by atoms with E-state index in [-0.39, 0.29) is 5.28 Å². The van der Waals surface area contributed by atoms with E-state index in [0.29, 0.717) is 18.4 Å². The van der Waals surface area contributed by atoms with Crippen molar-refractivity contribution in [2.45, 2.75) is 12.8 Å². The maximum atomic E-state index is 5.58. The molecule has 0 spiro atoms. The Balaban J connectivity index is 1.81. The first-order valence-electron chi connectivity index (χ1n) is 4.90. The summed E-state index contributed by atoms with van der Waals surface area (Å²) in [7, 11) is 0. The Kier molecular flexibility index (Phi) is 3.69. The molecule has 1 aromatic heterocycles. The fraction of sp³-hybridized carbons (Fsp3) is 0.667. The minimum absolute atomic E-state index is 0.111. The molecular formula is C9H12ClN3O2. The van der Waals surface area contributed by atoms with E-state index in [9.17, 15) is 0 Å². The number of hydrogen-bond acceptors (Lipinski definition) is 5. The molecule has 0 atom stereocenters. The fourth-order valence-electron chi connectivity index (χ4n) is 1.45. The Morgan fingerprint density at radius 2 is 2.27 bits per heavy atom. The van der Waals surface area contributed by atoms with Crippen molar-refractivity contribution in [2.24, 2.45) is 5.92 Å². The molecule has 1 aromatic rings. The molecule has 6 heteroatoms. The summed E-state index contributed by atoms with van der Waals surface area (Å²) in [5.41, 5.74) is 0. The normalized spacial score (nSPS) is 17.7. The van der Waals surface area contributed by atoms with Crippen LogP contribution in [0.15, 0.2) is 6.20 Å². The predicted octanol–water partition coefficient (Wildman–Crippen LogP) is 1.33. The average Bonchev–Trinajstić information content (AvgIpc) is 2.28. The smallest absolute Gasteiger partial charge is 0.246 e. The average molecular weight is 230 g/mol. The van der Waals surface area contributed by atoms with Gasteiger partial charge >= 0.3 is 0 Å². The van der Waals surface area contributed by atoms with Gasteiger partial charge in [-0.25, -0.2) is 0 Å². The highest BCUT2D eigenvalue weighted by Gasteiger charge is 2.14. The Morgan fingerprint density at radius 1 is 1.47 bits per heavy atom. The SMILES string of the molecule is Clc1nncc(OCC2CCOCC2)n1. The summed E-state index contributed by atoms with van der Waals surface area (Å²) in [6.07, 6.45) is 3.53. The van der Waals surface area contributed by atoms with Crippen molar-refractivity contribution < 1.29 is 9.47 Å². The molecule has 1 fully saturated rings. The van der Waals surface area contributed by atoms with Gasteiger partial charge in [0.05, 0.1) is 6.61 Å². The van der Waals surface area contributed by atoms with E-state index in [2.05, 4.69) is 15.2 Å². The Hall–Kier alpha value is -0.940. The van der Waals surface area contributed by atoms with Crippen molar-refractivity contribution in [3.63, 3.8) is 0 Å². The first-order valence-corrected chi connectivity index (χ1v) is 5.28. The second-order valence-electron chi connectivity index (χ2n) is 3.43. The Morgan fingerprint density at radius 3 is 3.00 bits per heavy atom. The lowest BCUT2D eigenvalue weighted by Crippen LogP contribution is -2.21. The number of aromatic nitrogens is 3. The van der Waals surface area contributed by atoms with Crippen LogP contribution in [0, 0.1) is 5.92 Å². The molecule has 0 amide bonds. The number of hydrogen-bond donors (Lipinski definition) is 0. The molecule has 15 heavy (non-hydrogen) atoms.